The number of rotatable bonds is 0. The largest absolute Gasteiger partial charge is 0.509 e. The number of fused-ring (bicyclic) bond motifs is 1. The van der Waals surface area contributed by atoms with Crippen LogP contribution < -0.4 is 0 Å². The Morgan fingerprint density at radius 1 is 0.640 bits per heavy atom. The van der Waals surface area contributed by atoms with Gasteiger partial charge in [0, 0.05) is 0 Å². The maximum atomic E-state index is 11.8. The van der Waals surface area contributed by atoms with Crippen LogP contribution in [0.5, 0.6) is 0 Å². The fraction of sp³-hybridized carbons (Fsp3) is 0.864. The van der Waals surface area contributed by atoms with Crippen molar-refractivity contribution < 1.29 is 14.3 Å². The second-order valence-electron chi connectivity index (χ2n) is 8.35. The highest BCUT2D eigenvalue weighted by atomic mass is 16.8. The SMILES string of the molecule is C[C@@]12CCCCCC/C=C/CCCCCCCCC[C@@]1(C)OC(=O)O2. The maximum absolute atomic E-state index is 11.8. The van der Waals surface area contributed by atoms with Gasteiger partial charge in [-0.25, -0.2) is 4.79 Å². The van der Waals surface area contributed by atoms with Crippen molar-refractivity contribution in [1.29, 1.82) is 0 Å². The Morgan fingerprint density at radius 2 is 1.00 bits per heavy atom. The van der Waals surface area contributed by atoms with Crippen molar-refractivity contribution in [3.63, 3.8) is 0 Å². The molecule has 0 aromatic carbocycles. The molecule has 144 valence electrons. The molecule has 2 atom stereocenters. The smallest absolute Gasteiger partial charge is 0.424 e. The molecule has 1 aliphatic carbocycles. The van der Waals surface area contributed by atoms with Gasteiger partial charge in [-0.1, -0.05) is 57.1 Å². The van der Waals surface area contributed by atoms with E-state index >= 15 is 0 Å². The zero-order valence-corrected chi connectivity index (χ0v) is 16.5. The lowest BCUT2D eigenvalue weighted by Gasteiger charge is -2.36. The summed E-state index contributed by atoms with van der Waals surface area (Å²) >= 11 is 0. The van der Waals surface area contributed by atoms with Crippen LogP contribution in [0.4, 0.5) is 4.79 Å². The van der Waals surface area contributed by atoms with Gasteiger partial charge in [0.05, 0.1) is 0 Å². The number of carbonyl (C=O) groups excluding carboxylic acids is 1. The molecule has 0 bridgehead atoms. The highest BCUT2D eigenvalue weighted by Crippen LogP contribution is 2.43. The van der Waals surface area contributed by atoms with Crippen LogP contribution in [0.2, 0.25) is 0 Å². The van der Waals surface area contributed by atoms with Gasteiger partial charge in [-0.15, -0.1) is 0 Å². The van der Waals surface area contributed by atoms with Crippen LogP contribution in [0, 0.1) is 0 Å². The summed E-state index contributed by atoms with van der Waals surface area (Å²) in [4.78, 5) is 11.8. The Labute approximate surface area is 154 Å². The lowest BCUT2D eigenvalue weighted by molar-refractivity contribution is -0.0377. The lowest BCUT2D eigenvalue weighted by atomic mass is 9.78. The van der Waals surface area contributed by atoms with Crippen LogP contribution >= 0.6 is 0 Å². The zero-order valence-electron chi connectivity index (χ0n) is 16.5. The molecule has 1 heterocycles. The van der Waals surface area contributed by atoms with E-state index in [-0.39, 0.29) is 0 Å². The van der Waals surface area contributed by atoms with Gasteiger partial charge in [-0.2, -0.15) is 0 Å². The van der Waals surface area contributed by atoms with Gasteiger partial charge in [0.15, 0.2) is 11.2 Å². The lowest BCUT2D eigenvalue weighted by Crippen LogP contribution is -2.47. The minimum absolute atomic E-state index is 0.463. The summed E-state index contributed by atoms with van der Waals surface area (Å²) in [5, 5.41) is 0. The maximum Gasteiger partial charge on any atom is 0.509 e. The molecule has 0 aromatic heterocycles. The fourth-order valence-corrected chi connectivity index (χ4v) is 4.16. The van der Waals surface area contributed by atoms with Gasteiger partial charge in [-0.3, -0.25) is 0 Å². The Hall–Kier alpha value is -0.990. The van der Waals surface area contributed by atoms with Gasteiger partial charge < -0.3 is 9.47 Å². The van der Waals surface area contributed by atoms with E-state index in [0.717, 1.165) is 25.7 Å². The van der Waals surface area contributed by atoms with Crippen molar-refractivity contribution in [3.05, 3.63) is 12.2 Å². The summed E-state index contributed by atoms with van der Waals surface area (Å²) in [7, 11) is 0. The van der Waals surface area contributed by atoms with Crippen LogP contribution in [0.3, 0.4) is 0 Å². The molecule has 0 spiro atoms. The number of hydrogen-bond donors (Lipinski definition) is 0. The van der Waals surface area contributed by atoms with Crippen LogP contribution in [0.25, 0.3) is 0 Å². The molecule has 1 fully saturated rings. The van der Waals surface area contributed by atoms with E-state index < -0.39 is 17.4 Å². The monoisotopic (exact) mass is 350 g/mol. The third-order valence-corrected chi connectivity index (χ3v) is 6.20. The first-order chi connectivity index (χ1) is 12.1. The number of allylic oxidation sites excluding steroid dienone is 2. The minimum atomic E-state index is -0.475. The van der Waals surface area contributed by atoms with E-state index in [2.05, 4.69) is 26.0 Å². The second-order valence-corrected chi connectivity index (χ2v) is 8.35. The van der Waals surface area contributed by atoms with Gasteiger partial charge in [0.25, 0.3) is 0 Å². The molecule has 0 N–H and O–H groups in total. The minimum Gasteiger partial charge on any atom is -0.424 e. The molecule has 25 heavy (non-hydrogen) atoms. The van der Waals surface area contributed by atoms with E-state index in [4.69, 9.17) is 9.47 Å². The number of hydrogen-bond acceptors (Lipinski definition) is 3. The molecule has 3 heteroatoms. The average molecular weight is 351 g/mol. The Bertz CT molecular complexity index is 431. The normalized spacial score (nSPS) is 35.4. The molecule has 0 amide bonds. The molecule has 2 rings (SSSR count). The van der Waals surface area contributed by atoms with Crippen LogP contribution in [-0.2, 0) is 9.47 Å². The van der Waals surface area contributed by atoms with Gasteiger partial charge in [-0.05, 0) is 65.2 Å². The standard InChI is InChI=1S/C22H38O3/c1-21-18-16-14-12-10-8-6-4-3-5-7-9-11-13-15-17-19-22(21,2)25-20(23)24-21/h4,6H,3,5,7-19H2,1-2H3/b6-4+/t21-,22-/m1/s1. The summed E-state index contributed by atoms with van der Waals surface area (Å²) in [6.45, 7) is 4.15. The van der Waals surface area contributed by atoms with E-state index in [1.807, 2.05) is 0 Å². The van der Waals surface area contributed by atoms with E-state index in [0.29, 0.717) is 0 Å². The number of carbonyl (C=O) groups is 1. The van der Waals surface area contributed by atoms with Crippen LogP contribution in [-0.4, -0.2) is 17.4 Å². The quantitative estimate of drug-likeness (QED) is 0.345. The predicted octanol–water partition coefficient (Wildman–Crippen LogP) is 7.09. The average Bonchev–Trinajstić information content (AvgIpc) is 2.78. The Balaban J connectivity index is 1.88. The molecule has 2 aliphatic rings. The van der Waals surface area contributed by atoms with Gasteiger partial charge in [0.1, 0.15) is 0 Å². The third kappa shape index (κ3) is 6.34. The highest BCUT2D eigenvalue weighted by molar-refractivity contribution is 5.64. The molecule has 1 aliphatic heterocycles. The summed E-state index contributed by atoms with van der Waals surface area (Å²) < 4.78 is 11.3. The summed E-state index contributed by atoms with van der Waals surface area (Å²) in [6, 6.07) is 0. The summed E-state index contributed by atoms with van der Waals surface area (Å²) in [5.74, 6) is 0. The second kappa shape index (κ2) is 10.2. The van der Waals surface area contributed by atoms with E-state index in [1.54, 1.807) is 0 Å². The first-order valence-corrected chi connectivity index (χ1v) is 10.6. The molecular weight excluding hydrogens is 312 g/mol. The Kier molecular flexibility index (Phi) is 8.32. The van der Waals surface area contributed by atoms with E-state index in [9.17, 15) is 4.79 Å². The van der Waals surface area contributed by atoms with Gasteiger partial charge >= 0.3 is 6.16 Å². The number of ether oxygens (including phenoxy) is 2. The first kappa shape index (κ1) is 20.3. The predicted molar refractivity (Wildman–Crippen MR) is 103 cm³/mol. The fourth-order valence-electron chi connectivity index (χ4n) is 4.16. The molecule has 0 saturated carbocycles. The van der Waals surface area contributed by atoms with Crippen LogP contribution in [0.15, 0.2) is 12.2 Å². The van der Waals surface area contributed by atoms with Crippen molar-refractivity contribution in [2.45, 2.75) is 121 Å². The van der Waals surface area contributed by atoms with Crippen molar-refractivity contribution in [2.75, 3.05) is 0 Å². The zero-order chi connectivity index (χ0) is 18.0. The summed E-state index contributed by atoms with van der Waals surface area (Å²) in [6.07, 6.45) is 22.4. The molecule has 1 saturated heterocycles. The van der Waals surface area contributed by atoms with Crippen molar-refractivity contribution in [3.8, 4) is 0 Å². The van der Waals surface area contributed by atoms with Gasteiger partial charge in [0.2, 0.25) is 0 Å². The molecule has 0 unspecified atom stereocenters. The molecular formula is C22H38O3. The molecule has 3 nitrogen and oxygen atoms in total. The third-order valence-electron chi connectivity index (χ3n) is 6.20. The van der Waals surface area contributed by atoms with Crippen molar-refractivity contribution in [2.24, 2.45) is 0 Å². The summed E-state index contributed by atoms with van der Waals surface area (Å²) in [5.41, 5.74) is -0.928. The van der Waals surface area contributed by atoms with E-state index in [1.165, 1.54) is 70.6 Å². The molecule has 0 aromatic rings. The Morgan fingerprint density at radius 3 is 1.44 bits per heavy atom. The topological polar surface area (TPSA) is 35.5 Å². The van der Waals surface area contributed by atoms with Crippen LogP contribution in [0.1, 0.15) is 110 Å². The highest BCUT2D eigenvalue weighted by Gasteiger charge is 2.56. The molecule has 0 radical (unpaired) electrons. The van der Waals surface area contributed by atoms with Crippen molar-refractivity contribution in [1.82, 2.24) is 0 Å². The van der Waals surface area contributed by atoms with Crippen molar-refractivity contribution >= 4 is 6.16 Å². The first-order valence-electron chi connectivity index (χ1n) is 10.6.